The van der Waals surface area contributed by atoms with Crippen molar-refractivity contribution in [2.45, 2.75) is 65.8 Å². The highest BCUT2D eigenvalue weighted by Gasteiger charge is 2.29. The minimum absolute atomic E-state index is 0.0407. The topological polar surface area (TPSA) is 45.2 Å². The molecule has 1 N–H and O–H groups in total. The lowest BCUT2D eigenvalue weighted by atomic mass is 9.91. The number of nitrogens with one attached hydrogen (secondary N) is 1. The Balaban J connectivity index is 2.16. The Hall–Kier alpha value is -1.84. The molecule has 1 amide bonds. The number of amides is 1. The highest BCUT2D eigenvalue weighted by atomic mass is 16.1. The molecule has 0 saturated heterocycles. The van der Waals surface area contributed by atoms with E-state index in [1.54, 1.807) is 0 Å². The van der Waals surface area contributed by atoms with E-state index in [4.69, 9.17) is 4.98 Å². The van der Waals surface area contributed by atoms with Gasteiger partial charge in [-0.3, -0.25) is 4.79 Å². The van der Waals surface area contributed by atoms with E-state index in [1.165, 1.54) is 6.42 Å². The highest BCUT2D eigenvalue weighted by Crippen LogP contribution is 2.32. The molecule has 1 fully saturated rings. The van der Waals surface area contributed by atoms with Crippen LogP contribution in [-0.2, 0) is 4.79 Å². The number of rotatable bonds is 7. The van der Waals surface area contributed by atoms with Gasteiger partial charge in [-0.25, -0.2) is 4.98 Å². The van der Waals surface area contributed by atoms with Crippen molar-refractivity contribution in [3.05, 3.63) is 35.8 Å². The van der Waals surface area contributed by atoms with Crippen LogP contribution < -0.4 is 10.2 Å². The zero-order valence-corrected chi connectivity index (χ0v) is 14.9. The van der Waals surface area contributed by atoms with Crippen molar-refractivity contribution in [3.63, 3.8) is 0 Å². The molecule has 1 unspecified atom stereocenters. The molecule has 0 aliphatic heterocycles. The summed E-state index contributed by atoms with van der Waals surface area (Å²) in [6, 6.07) is 4.49. The number of aryl methyl sites for hydroxylation is 2. The van der Waals surface area contributed by atoms with Crippen LogP contribution in [0.2, 0.25) is 0 Å². The molecular formula is C19H29N3O. The number of carbonyl (C=O) groups excluding carboxylic acids is 1. The molecule has 0 aromatic carbocycles. The van der Waals surface area contributed by atoms with Crippen LogP contribution in [0.25, 0.3) is 0 Å². The third kappa shape index (κ3) is 4.34. The van der Waals surface area contributed by atoms with Gasteiger partial charge in [0.2, 0.25) is 5.91 Å². The van der Waals surface area contributed by atoms with Gasteiger partial charge < -0.3 is 10.2 Å². The largest absolute Gasteiger partial charge is 0.313 e. The second-order valence-corrected chi connectivity index (χ2v) is 6.76. The van der Waals surface area contributed by atoms with Crippen LogP contribution in [0.4, 0.5) is 5.82 Å². The SMILES string of the molecule is C=C(NC(=O)CC(C)CC)N(c1nc(C)ccc1C)C1CCC1. The number of anilines is 1. The van der Waals surface area contributed by atoms with Gasteiger partial charge in [-0.1, -0.05) is 32.9 Å². The summed E-state index contributed by atoms with van der Waals surface area (Å²) in [6.45, 7) is 12.4. The molecule has 1 heterocycles. The molecule has 4 heteroatoms. The summed E-state index contributed by atoms with van der Waals surface area (Å²) < 4.78 is 0. The van der Waals surface area contributed by atoms with Crippen LogP contribution in [0.5, 0.6) is 0 Å². The Kier molecular flexibility index (Phi) is 5.80. The number of pyridine rings is 1. The minimum Gasteiger partial charge on any atom is -0.313 e. The van der Waals surface area contributed by atoms with Gasteiger partial charge in [-0.05, 0) is 50.7 Å². The zero-order valence-electron chi connectivity index (χ0n) is 14.9. The van der Waals surface area contributed by atoms with Crippen LogP contribution in [0.15, 0.2) is 24.5 Å². The van der Waals surface area contributed by atoms with E-state index in [0.29, 0.717) is 24.2 Å². The van der Waals surface area contributed by atoms with Gasteiger partial charge in [0, 0.05) is 18.2 Å². The Morgan fingerprint density at radius 2 is 2.13 bits per heavy atom. The molecule has 4 nitrogen and oxygen atoms in total. The first-order valence-corrected chi connectivity index (χ1v) is 8.64. The molecule has 1 saturated carbocycles. The maximum Gasteiger partial charge on any atom is 0.225 e. The lowest BCUT2D eigenvalue weighted by Gasteiger charge is -2.40. The summed E-state index contributed by atoms with van der Waals surface area (Å²) >= 11 is 0. The quantitative estimate of drug-likeness (QED) is 0.824. The zero-order chi connectivity index (χ0) is 17.0. The third-order valence-electron chi connectivity index (χ3n) is 4.68. The van der Waals surface area contributed by atoms with E-state index in [-0.39, 0.29) is 5.91 Å². The maximum absolute atomic E-state index is 12.2. The van der Waals surface area contributed by atoms with Gasteiger partial charge in [-0.15, -0.1) is 0 Å². The first-order chi connectivity index (χ1) is 10.9. The van der Waals surface area contributed by atoms with Crippen molar-refractivity contribution in [2.24, 2.45) is 5.92 Å². The number of hydrogen-bond donors (Lipinski definition) is 1. The molecule has 1 aromatic heterocycles. The average Bonchev–Trinajstić information content (AvgIpc) is 2.45. The van der Waals surface area contributed by atoms with Crippen molar-refractivity contribution in [2.75, 3.05) is 4.90 Å². The van der Waals surface area contributed by atoms with Crippen LogP contribution in [0, 0.1) is 19.8 Å². The summed E-state index contributed by atoms with van der Waals surface area (Å²) in [7, 11) is 0. The van der Waals surface area contributed by atoms with Crippen molar-refractivity contribution >= 4 is 11.7 Å². The Morgan fingerprint density at radius 3 is 2.70 bits per heavy atom. The van der Waals surface area contributed by atoms with Crippen molar-refractivity contribution in [1.29, 1.82) is 0 Å². The summed E-state index contributed by atoms with van der Waals surface area (Å²) in [4.78, 5) is 19.0. The molecule has 2 rings (SSSR count). The fourth-order valence-corrected chi connectivity index (χ4v) is 2.76. The molecule has 1 atom stereocenters. The van der Waals surface area contributed by atoms with E-state index in [2.05, 4.69) is 43.6 Å². The average molecular weight is 315 g/mol. The normalized spacial score (nSPS) is 15.7. The van der Waals surface area contributed by atoms with Crippen LogP contribution in [0.1, 0.15) is 57.2 Å². The van der Waals surface area contributed by atoms with Crippen LogP contribution in [0.3, 0.4) is 0 Å². The van der Waals surface area contributed by atoms with Gasteiger partial charge in [0.25, 0.3) is 0 Å². The molecule has 126 valence electrons. The molecule has 0 radical (unpaired) electrons. The number of aromatic nitrogens is 1. The fraction of sp³-hybridized carbons (Fsp3) is 0.579. The summed E-state index contributed by atoms with van der Waals surface area (Å²) in [6.07, 6.45) is 5.00. The van der Waals surface area contributed by atoms with E-state index in [9.17, 15) is 4.79 Å². The Labute approximate surface area is 140 Å². The van der Waals surface area contributed by atoms with E-state index < -0.39 is 0 Å². The lowest BCUT2D eigenvalue weighted by Crippen LogP contribution is -2.45. The molecule has 1 aliphatic carbocycles. The monoisotopic (exact) mass is 315 g/mol. The first-order valence-electron chi connectivity index (χ1n) is 8.64. The summed E-state index contributed by atoms with van der Waals surface area (Å²) in [5.41, 5.74) is 2.09. The fourth-order valence-electron chi connectivity index (χ4n) is 2.76. The standard InChI is InChI=1S/C19H29N3O/c1-6-13(2)12-18(23)21-16(5)22(17-8-7-9-17)19-14(3)10-11-15(4)20-19/h10-11,13,17H,5-9,12H2,1-4H3,(H,21,23). The van der Waals surface area contributed by atoms with Crippen LogP contribution >= 0.6 is 0 Å². The second kappa shape index (κ2) is 7.62. The first kappa shape index (κ1) is 17.5. The van der Waals surface area contributed by atoms with Gasteiger partial charge in [0.05, 0.1) is 0 Å². The van der Waals surface area contributed by atoms with Crippen molar-refractivity contribution in [3.8, 4) is 0 Å². The molecule has 0 bridgehead atoms. The summed E-state index contributed by atoms with van der Waals surface area (Å²) in [5.74, 6) is 2.01. The Morgan fingerprint density at radius 1 is 1.43 bits per heavy atom. The van der Waals surface area contributed by atoms with E-state index in [0.717, 1.165) is 36.3 Å². The number of hydrogen-bond acceptors (Lipinski definition) is 3. The van der Waals surface area contributed by atoms with Gasteiger partial charge in [-0.2, -0.15) is 0 Å². The number of carbonyl (C=O) groups is 1. The predicted molar refractivity (Wildman–Crippen MR) is 95.2 cm³/mol. The smallest absolute Gasteiger partial charge is 0.225 e. The molecule has 1 aliphatic rings. The predicted octanol–water partition coefficient (Wildman–Crippen LogP) is 4.08. The van der Waals surface area contributed by atoms with Crippen LogP contribution in [-0.4, -0.2) is 16.9 Å². The summed E-state index contributed by atoms with van der Waals surface area (Å²) in [5, 5.41) is 2.99. The third-order valence-corrected chi connectivity index (χ3v) is 4.68. The molecular weight excluding hydrogens is 286 g/mol. The van der Waals surface area contributed by atoms with Gasteiger partial charge in [0.15, 0.2) is 0 Å². The minimum atomic E-state index is 0.0407. The molecule has 1 aromatic rings. The Bertz CT molecular complexity index is 578. The van der Waals surface area contributed by atoms with Gasteiger partial charge in [0.1, 0.15) is 11.6 Å². The lowest BCUT2D eigenvalue weighted by molar-refractivity contribution is -0.121. The van der Waals surface area contributed by atoms with Crippen molar-refractivity contribution < 1.29 is 4.79 Å². The molecule has 23 heavy (non-hydrogen) atoms. The highest BCUT2D eigenvalue weighted by molar-refractivity contribution is 5.79. The van der Waals surface area contributed by atoms with E-state index in [1.807, 2.05) is 13.0 Å². The van der Waals surface area contributed by atoms with Gasteiger partial charge >= 0.3 is 0 Å². The maximum atomic E-state index is 12.2. The second-order valence-electron chi connectivity index (χ2n) is 6.76. The van der Waals surface area contributed by atoms with Crippen molar-refractivity contribution in [1.82, 2.24) is 10.3 Å². The molecule has 0 spiro atoms. The van der Waals surface area contributed by atoms with E-state index >= 15 is 0 Å². The number of nitrogens with zero attached hydrogens (tertiary/aromatic N) is 2.